The highest BCUT2D eigenvalue weighted by atomic mass is 79.9. The Morgan fingerprint density at radius 2 is 1.62 bits per heavy atom. The number of amides is 1. The Morgan fingerprint density at radius 1 is 0.933 bits per heavy atom. The van der Waals surface area contributed by atoms with E-state index in [0.717, 1.165) is 21.2 Å². The Morgan fingerprint density at radius 3 is 2.33 bits per heavy atom. The topological polar surface area (TPSA) is 106 Å². The van der Waals surface area contributed by atoms with Gasteiger partial charge in [0.25, 0.3) is 5.91 Å². The van der Waals surface area contributed by atoms with Crippen molar-refractivity contribution < 1.29 is 27.8 Å². The molecule has 2 aliphatic rings. The molecule has 4 aromatic carbocycles. The van der Waals surface area contributed by atoms with Gasteiger partial charge in [-0.1, -0.05) is 70.5 Å². The highest BCUT2D eigenvalue weighted by Crippen LogP contribution is 2.45. The Kier molecular flexibility index (Phi) is 9.07. The smallest absolute Gasteiger partial charge is 0.255 e. The molecule has 0 bridgehead atoms. The summed E-state index contributed by atoms with van der Waals surface area (Å²) in [5.41, 5.74) is 2.00. The van der Waals surface area contributed by atoms with E-state index in [1.165, 1.54) is 0 Å². The van der Waals surface area contributed by atoms with Gasteiger partial charge in [0.1, 0.15) is 5.75 Å². The van der Waals surface area contributed by atoms with Gasteiger partial charge in [-0.05, 0) is 65.2 Å². The van der Waals surface area contributed by atoms with Crippen LogP contribution in [-0.2, 0) is 32.3 Å². The van der Waals surface area contributed by atoms with Crippen molar-refractivity contribution in [1.29, 1.82) is 0 Å². The molecule has 0 unspecified atom stereocenters. The van der Waals surface area contributed by atoms with E-state index >= 15 is 0 Å². The maximum absolute atomic E-state index is 14.8. The first-order valence-electron chi connectivity index (χ1n) is 14.8. The number of sulfone groups is 1. The second-order valence-electron chi connectivity index (χ2n) is 11.1. The molecule has 2 atom stereocenters. The third-order valence-electron chi connectivity index (χ3n) is 8.14. The lowest BCUT2D eigenvalue weighted by atomic mass is 9.82. The van der Waals surface area contributed by atoms with Crippen LogP contribution in [0.2, 0.25) is 0 Å². The van der Waals surface area contributed by atoms with Gasteiger partial charge < -0.3 is 19.5 Å². The minimum Gasteiger partial charge on any atom is -0.494 e. The maximum atomic E-state index is 14.8. The number of aliphatic hydroxyl groups excluding tert-OH is 1. The van der Waals surface area contributed by atoms with E-state index in [0.29, 0.717) is 30.2 Å². The van der Waals surface area contributed by atoms with E-state index in [1.807, 2.05) is 72.8 Å². The zero-order valence-electron chi connectivity index (χ0n) is 24.5. The molecule has 1 amide bonds. The van der Waals surface area contributed by atoms with Crippen LogP contribution in [0.25, 0.3) is 0 Å². The average Bonchev–Trinajstić information content (AvgIpc) is 3.39. The number of halogens is 1. The van der Waals surface area contributed by atoms with Gasteiger partial charge in [0.15, 0.2) is 21.5 Å². The Balaban J connectivity index is 1.40. The zero-order chi connectivity index (χ0) is 31.4. The van der Waals surface area contributed by atoms with Gasteiger partial charge in [0, 0.05) is 42.6 Å². The number of rotatable bonds is 10. The van der Waals surface area contributed by atoms with Gasteiger partial charge in [-0.3, -0.25) is 4.79 Å². The molecule has 0 aliphatic carbocycles. The number of ether oxygens (including phenoxy) is 2. The lowest BCUT2D eigenvalue weighted by molar-refractivity contribution is -0.139. The average molecular weight is 690 g/mol. The molecule has 0 fully saturated rings. The molecule has 0 aromatic heterocycles. The van der Waals surface area contributed by atoms with Crippen LogP contribution in [0.3, 0.4) is 0 Å². The number of nitrogens with zero attached hydrogens (tertiary/aromatic N) is 2. The number of hydrogen-bond acceptors (Lipinski definition) is 7. The van der Waals surface area contributed by atoms with Crippen LogP contribution in [0.5, 0.6) is 5.75 Å². The van der Waals surface area contributed by atoms with Crippen molar-refractivity contribution >= 4 is 37.6 Å². The van der Waals surface area contributed by atoms with Gasteiger partial charge >= 0.3 is 0 Å². The van der Waals surface area contributed by atoms with E-state index < -0.39 is 21.5 Å². The van der Waals surface area contributed by atoms with Crippen LogP contribution in [-0.4, -0.2) is 61.3 Å². The molecule has 0 saturated carbocycles. The van der Waals surface area contributed by atoms with Crippen LogP contribution in [0, 0.1) is 0 Å². The standard InChI is InChI=1S/C35H33BrN2O6S/c36-29-15-11-25(12-16-29)32-35(37-33(44-32)26-13-17-30(18-14-26)43-21-6-20-39)23-27-7-4-5-8-28(27)24-38(34(35)40)19-22-45(41,42)31-9-2-1-3-10-31/h1-5,7-18,32,39H,6,19-24H2/t32-,35-/m0/s1. The number of carbonyl (C=O) groups is 1. The second kappa shape index (κ2) is 13.2. The quantitative estimate of drug-likeness (QED) is 0.220. The van der Waals surface area contributed by atoms with Crippen molar-refractivity contribution in [2.45, 2.75) is 35.9 Å². The number of benzene rings is 4. The molecule has 8 nitrogen and oxygen atoms in total. The third-order valence-corrected chi connectivity index (χ3v) is 10.4. The summed E-state index contributed by atoms with van der Waals surface area (Å²) in [4.78, 5) is 21.8. The molecule has 232 valence electrons. The van der Waals surface area contributed by atoms with E-state index in [4.69, 9.17) is 19.6 Å². The summed E-state index contributed by atoms with van der Waals surface area (Å²) in [5.74, 6) is 0.470. The van der Waals surface area contributed by atoms with Crippen LogP contribution < -0.4 is 4.74 Å². The fourth-order valence-corrected chi connectivity index (χ4v) is 7.32. The summed E-state index contributed by atoms with van der Waals surface area (Å²) in [5, 5.41) is 9.06. The zero-order valence-corrected chi connectivity index (χ0v) is 26.9. The van der Waals surface area contributed by atoms with Crippen LogP contribution in [0.4, 0.5) is 0 Å². The maximum Gasteiger partial charge on any atom is 0.255 e. The number of hydrogen-bond donors (Lipinski definition) is 1. The van der Waals surface area contributed by atoms with Crippen molar-refractivity contribution in [3.05, 3.63) is 130 Å². The van der Waals surface area contributed by atoms with Crippen LogP contribution >= 0.6 is 15.9 Å². The molecule has 4 aromatic rings. The van der Waals surface area contributed by atoms with Gasteiger partial charge in [0.05, 0.1) is 17.3 Å². The van der Waals surface area contributed by atoms with Crippen molar-refractivity contribution in [2.75, 3.05) is 25.5 Å². The van der Waals surface area contributed by atoms with Gasteiger partial charge in [-0.25, -0.2) is 13.4 Å². The molecular formula is C35H33BrN2O6S. The van der Waals surface area contributed by atoms with Crippen LogP contribution in [0.1, 0.15) is 34.8 Å². The van der Waals surface area contributed by atoms with Gasteiger partial charge in [0.2, 0.25) is 5.90 Å². The highest BCUT2D eigenvalue weighted by molar-refractivity contribution is 9.10. The van der Waals surface area contributed by atoms with E-state index in [2.05, 4.69) is 15.9 Å². The first kappa shape index (κ1) is 31.0. The number of fused-ring (bicyclic) bond motifs is 1. The van der Waals surface area contributed by atoms with Crippen molar-refractivity contribution in [3.63, 3.8) is 0 Å². The summed E-state index contributed by atoms with van der Waals surface area (Å²) in [6, 6.07) is 31.1. The normalized spacial score (nSPS) is 19.5. The minimum absolute atomic E-state index is 0.00390. The molecule has 1 spiro atoms. The predicted molar refractivity (Wildman–Crippen MR) is 175 cm³/mol. The molecular weight excluding hydrogens is 656 g/mol. The van der Waals surface area contributed by atoms with Gasteiger partial charge in [-0.2, -0.15) is 0 Å². The van der Waals surface area contributed by atoms with Crippen molar-refractivity contribution in [3.8, 4) is 5.75 Å². The predicted octanol–water partition coefficient (Wildman–Crippen LogP) is 5.53. The highest BCUT2D eigenvalue weighted by Gasteiger charge is 2.56. The lowest BCUT2D eigenvalue weighted by Crippen LogP contribution is -2.50. The summed E-state index contributed by atoms with van der Waals surface area (Å²) in [7, 11) is -3.64. The first-order valence-corrected chi connectivity index (χ1v) is 17.2. The fourth-order valence-electron chi connectivity index (χ4n) is 5.79. The van der Waals surface area contributed by atoms with Crippen molar-refractivity contribution in [1.82, 2.24) is 4.90 Å². The molecule has 45 heavy (non-hydrogen) atoms. The number of carbonyl (C=O) groups excluding carboxylic acids is 1. The monoisotopic (exact) mass is 688 g/mol. The molecule has 6 rings (SSSR count). The summed E-state index contributed by atoms with van der Waals surface area (Å²) < 4.78 is 39.7. The molecule has 2 heterocycles. The molecule has 0 radical (unpaired) electrons. The second-order valence-corrected chi connectivity index (χ2v) is 14.2. The third kappa shape index (κ3) is 6.54. The Labute approximate surface area is 271 Å². The van der Waals surface area contributed by atoms with E-state index in [-0.39, 0.29) is 42.7 Å². The molecule has 2 aliphatic heterocycles. The number of aliphatic hydroxyl groups is 1. The number of aliphatic imine (C=N–C) groups is 1. The summed E-state index contributed by atoms with van der Waals surface area (Å²) in [6.45, 7) is 0.711. The molecule has 1 N–H and O–H groups in total. The molecule has 10 heteroatoms. The first-order chi connectivity index (χ1) is 21.8. The Hall–Kier alpha value is -3.99. The SMILES string of the molecule is O=C1N(CCS(=O)(=O)c2ccccc2)Cc2ccccc2C[C@@]12N=C(c1ccc(OCCCO)cc1)O[C@H]2c1ccc(Br)cc1. The summed E-state index contributed by atoms with van der Waals surface area (Å²) in [6.07, 6.45) is 0.0612. The lowest BCUT2D eigenvalue weighted by Gasteiger charge is -2.33. The van der Waals surface area contributed by atoms with E-state index in [1.54, 1.807) is 35.2 Å². The van der Waals surface area contributed by atoms with E-state index in [9.17, 15) is 13.2 Å². The minimum atomic E-state index is -3.64. The van der Waals surface area contributed by atoms with Gasteiger partial charge in [-0.15, -0.1) is 0 Å². The van der Waals surface area contributed by atoms with Crippen LogP contribution in [0.15, 0.2) is 117 Å². The summed E-state index contributed by atoms with van der Waals surface area (Å²) >= 11 is 3.51. The molecule has 0 saturated heterocycles. The van der Waals surface area contributed by atoms with Crippen molar-refractivity contribution in [2.24, 2.45) is 4.99 Å². The fraction of sp³-hybridized carbons (Fsp3) is 0.257. The largest absolute Gasteiger partial charge is 0.494 e. The Bertz CT molecular complexity index is 1800.